The summed E-state index contributed by atoms with van der Waals surface area (Å²) in [7, 11) is -1.72. The van der Waals surface area contributed by atoms with Gasteiger partial charge in [0.1, 0.15) is 9.81 Å². The SMILES string of the molecule is CN(C[C@@H]1CCCN(S(=O)(=O)c2cccs2)C1)C(=O)OC(C)(C)C. The Morgan fingerprint density at radius 3 is 2.75 bits per heavy atom. The maximum Gasteiger partial charge on any atom is 0.410 e. The standard InChI is InChI=1S/C16H26N2O4S2/c1-16(2,3)22-15(19)17(4)11-13-7-5-9-18(12-13)24(20,21)14-8-6-10-23-14/h6,8,10,13H,5,7,9,11-12H2,1-4H3/t13-/m0/s1. The molecule has 0 saturated carbocycles. The molecule has 1 aliphatic heterocycles. The summed E-state index contributed by atoms with van der Waals surface area (Å²) < 4.78 is 32.5. The van der Waals surface area contributed by atoms with Gasteiger partial charge in [-0.15, -0.1) is 11.3 Å². The molecule has 136 valence electrons. The van der Waals surface area contributed by atoms with Crippen LogP contribution < -0.4 is 0 Å². The number of hydrogen-bond acceptors (Lipinski definition) is 5. The molecule has 1 aliphatic rings. The van der Waals surface area contributed by atoms with Gasteiger partial charge in [-0.3, -0.25) is 0 Å². The average Bonchev–Trinajstić information content (AvgIpc) is 3.00. The van der Waals surface area contributed by atoms with E-state index >= 15 is 0 Å². The van der Waals surface area contributed by atoms with Crippen molar-refractivity contribution in [2.45, 2.75) is 43.4 Å². The zero-order chi connectivity index (χ0) is 18.0. The molecule has 1 aromatic rings. The molecular formula is C16H26N2O4S2. The number of thiophene rings is 1. The van der Waals surface area contributed by atoms with Gasteiger partial charge in [0.2, 0.25) is 0 Å². The first-order valence-corrected chi connectivity index (χ1v) is 10.4. The molecule has 0 aliphatic carbocycles. The van der Waals surface area contributed by atoms with Crippen molar-refractivity contribution in [1.82, 2.24) is 9.21 Å². The highest BCUT2D eigenvalue weighted by Crippen LogP contribution is 2.26. The van der Waals surface area contributed by atoms with Crippen LogP contribution in [0.25, 0.3) is 0 Å². The molecule has 0 aromatic carbocycles. The molecule has 2 rings (SSSR count). The summed E-state index contributed by atoms with van der Waals surface area (Å²) in [6, 6.07) is 3.38. The van der Waals surface area contributed by atoms with Gasteiger partial charge in [0.05, 0.1) is 0 Å². The molecule has 0 spiro atoms. The van der Waals surface area contributed by atoms with E-state index in [1.807, 2.05) is 20.8 Å². The van der Waals surface area contributed by atoms with E-state index in [1.165, 1.54) is 20.5 Å². The Morgan fingerprint density at radius 2 is 2.17 bits per heavy atom. The third-order valence-corrected chi connectivity index (χ3v) is 7.05. The maximum absolute atomic E-state index is 12.6. The van der Waals surface area contributed by atoms with Gasteiger partial charge in [-0.1, -0.05) is 6.07 Å². The second-order valence-electron chi connectivity index (χ2n) is 7.16. The molecule has 1 aromatic heterocycles. The average molecular weight is 375 g/mol. The van der Waals surface area contributed by atoms with Gasteiger partial charge < -0.3 is 9.64 Å². The van der Waals surface area contributed by atoms with Crippen LogP contribution in [0.4, 0.5) is 4.79 Å². The zero-order valence-corrected chi connectivity index (χ0v) is 16.3. The molecule has 1 atom stereocenters. The highest BCUT2D eigenvalue weighted by atomic mass is 32.2. The predicted octanol–water partition coefficient (Wildman–Crippen LogP) is 3.02. The van der Waals surface area contributed by atoms with E-state index in [2.05, 4.69) is 0 Å². The molecule has 0 radical (unpaired) electrons. The highest BCUT2D eigenvalue weighted by molar-refractivity contribution is 7.91. The number of carbonyl (C=O) groups excluding carboxylic acids is 1. The first-order valence-electron chi connectivity index (χ1n) is 8.07. The van der Waals surface area contributed by atoms with Gasteiger partial charge in [-0.2, -0.15) is 4.31 Å². The molecule has 24 heavy (non-hydrogen) atoms. The molecular weight excluding hydrogens is 348 g/mol. The van der Waals surface area contributed by atoms with Crippen molar-refractivity contribution in [1.29, 1.82) is 0 Å². The fraction of sp³-hybridized carbons (Fsp3) is 0.688. The number of carbonyl (C=O) groups is 1. The second-order valence-corrected chi connectivity index (χ2v) is 10.3. The molecule has 0 unspecified atom stereocenters. The van der Waals surface area contributed by atoms with Crippen LogP contribution in [0.15, 0.2) is 21.7 Å². The minimum atomic E-state index is -3.42. The van der Waals surface area contributed by atoms with E-state index in [-0.39, 0.29) is 12.0 Å². The normalized spacial score (nSPS) is 19.9. The summed E-state index contributed by atoms with van der Waals surface area (Å²) in [6.45, 7) is 6.95. The van der Waals surface area contributed by atoms with E-state index in [0.717, 1.165) is 12.8 Å². The fourth-order valence-corrected chi connectivity index (χ4v) is 5.43. The summed E-state index contributed by atoms with van der Waals surface area (Å²) in [5.41, 5.74) is -0.535. The Morgan fingerprint density at radius 1 is 1.46 bits per heavy atom. The lowest BCUT2D eigenvalue weighted by molar-refractivity contribution is 0.0258. The van der Waals surface area contributed by atoms with Gasteiger partial charge in [0.25, 0.3) is 10.0 Å². The van der Waals surface area contributed by atoms with E-state index in [4.69, 9.17) is 4.74 Å². The van der Waals surface area contributed by atoms with Crippen LogP contribution in [0.3, 0.4) is 0 Å². The lowest BCUT2D eigenvalue weighted by Crippen LogP contribution is -2.44. The Balaban J connectivity index is 1.97. The number of hydrogen-bond donors (Lipinski definition) is 0. The molecule has 1 amide bonds. The van der Waals surface area contributed by atoms with E-state index in [1.54, 1.807) is 24.6 Å². The Bertz CT molecular complexity index is 650. The molecule has 6 nitrogen and oxygen atoms in total. The van der Waals surface area contributed by atoms with Crippen molar-refractivity contribution < 1.29 is 17.9 Å². The predicted molar refractivity (Wildman–Crippen MR) is 94.7 cm³/mol. The van der Waals surface area contributed by atoms with Crippen LogP contribution >= 0.6 is 11.3 Å². The number of ether oxygens (including phenoxy) is 1. The minimum absolute atomic E-state index is 0.117. The number of piperidine rings is 1. The number of nitrogens with zero attached hydrogens (tertiary/aromatic N) is 2. The third kappa shape index (κ3) is 4.94. The van der Waals surface area contributed by atoms with Crippen LogP contribution in [-0.2, 0) is 14.8 Å². The second kappa shape index (κ2) is 7.41. The molecule has 8 heteroatoms. The van der Waals surface area contributed by atoms with Gasteiger partial charge in [-0.25, -0.2) is 13.2 Å². The fourth-order valence-electron chi connectivity index (χ4n) is 2.73. The van der Waals surface area contributed by atoms with Crippen LogP contribution in [0.2, 0.25) is 0 Å². The van der Waals surface area contributed by atoms with E-state index in [9.17, 15) is 13.2 Å². The molecule has 0 bridgehead atoms. The Kier molecular flexibility index (Phi) is 5.93. The Labute approximate surface area is 148 Å². The van der Waals surface area contributed by atoms with E-state index in [0.29, 0.717) is 23.8 Å². The van der Waals surface area contributed by atoms with Crippen LogP contribution in [0.5, 0.6) is 0 Å². The monoisotopic (exact) mass is 374 g/mol. The summed E-state index contributed by atoms with van der Waals surface area (Å²) in [4.78, 5) is 13.6. The first kappa shape index (κ1) is 19.2. The topological polar surface area (TPSA) is 66.9 Å². The summed E-state index contributed by atoms with van der Waals surface area (Å²) in [5, 5.41) is 1.77. The van der Waals surface area contributed by atoms with E-state index < -0.39 is 15.6 Å². The third-order valence-electron chi connectivity index (χ3n) is 3.81. The molecule has 0 N–H and O–H groups in total. The lowest BCUT2D eigenvalue weighted by atomic mass is 9.99. The van der Waals surface area contributed by atoms with Crippen LogP contribution in [0.1, 0.15) is 33.6 Å². The summed E-state index contributed by atoms with van der Waals surface area (Å²) >= 11 is 1.24. The Hall–Kier alpha value is -1.12. The van der Waals surface area contributed by atoms with Gasteiger partial charge in [0.15, 0.2) is 0 Å². The number of rotatable bonds is 4. The van der Waals surface area contributed by atoms with Crippen molar-refractivity contribution in [3.8, 4) is 0 Å². The van der Waals surface area contributed by atoms with Gasteiger partial charge in [0, 0.05) is 26.7 Å². The minimum Gasteiger partial charge on any atom is -0.444 e. The summed E-state index contributed by atoms with van der Waals surface area (Å²) in [6.07, 6.45) is 1.34. The highest BCUT2D eigenvalue weighted by Gasteiger charge is 2.32. The van der Waals surface area contributed by atoms with Crippen LogP contribution in [-0.4, -0.2) is 56.0 Å². The lowest BCUT2D eigenvalue weighted by Gasteiger charge is -2.34. The molecule has 1 fully saturated rings. The largest absolute Gasteiger partial charge is 0.444 e. The zero-order valence-electron chi connectivity index (χ0n) is 14.7. The maximum atomic E-state index is 12.6. The summed E-state index contributed by atoms with van der Waals surface area (Å²) in [5.74, 6) is 0.117. The van der Waals surface area contributed by atoms with Crippen molar-refractivity contribution in [2.75, 3.05) is 26.7 Å². The molecule has 2 heterocycles. The van der Waals surface area contributed by atoms with Crippen molar-refractivity contribution in [3.63, 3.8) is 0 Å². The van der Waals surface area contributed by atoms with Crippen molar-refractivity contribution in [3.05, 3.63) is 17.5 Å². The van der Waals surface area contributed by atoms with Crippen molar-refractivity contribution >= 4 is 27.5 Å². The van der Waals surface area contributed by atoms with Gasteiger partial charge >= 0.3 is 6.09 Å². The first-order chi connectivity index (χ1) is 11.1. The quantitative estimate of drug-likeness (QED) is 0.812. The van der Waals surface area contributed by atoms with Crippen LogP contribution in [0, 0.1) is 5.92 Å². The number of sulfonamides is 1. The van der Waals surface area contributed by atoms with Gasteiger partial charge in [-0.05, 0) is 51.0 Å². The number of amides is 1. The molecule has 1 saturated heterocycles. The smallest absolute Gasteiger partial charge is 0.410 e. The van der Waals surface area contributed by atoms with Crippen molar-refractivity contribution in [2.24, 2.45) is 5.92 Å².